The first-order valence-electron chi connectivity index (χ1n) is 6.74. The molecule has 0 bridgehead atoms. The third-order valence-electron chi connectivity index (χ3n) is 3.86. The second-order valence-electron chi connectivity index (χ2n) is 5.13. The van der Waals surface area contributed by atoms with Gasteiger partial charge in [0.2, 0.25) is 10.0 Å². The van der Waals surface area contributed by atoms with Crippen molar-refractivity contribution < 1.29 is 13.5 Å². The lowest BCUT2D eigenvalue weighted by atomic mass is 10.2. The highest BCUT2D eigenvalue weighted by atomic mass is 32.2. The number of nitrogens with zero attached hydrogens (tertiary/aromatic N) is 1. The van der Waals surface area contributed by atoms with Gasteiger partial charge in [0.1, 0.15) is 0 Å². The van der Waals surface area contributed by atoms with E-state index in [1.54, 1.807) is 28.6 Å². The van der Waals surface area contributed by atoms with Gasteiger partial charge in [-0.05, 0) is 43.9 Å². The molecule has 0 spiro atoms. The Morgan fingerprint density at radius 3 is 2.42 bits per heavy atom. The first kappa shape index (κ1) is 14.5. The lowest BCUT2D eigenvalue weighted by Gasteiger charge is -2.27. The maximum Gasteiger partial charge on any atom is 0.243 e. The van der Waals surface area contributed by atoms with Crippen molar-refractivity contribution >= 4 is 10.0 Å². The van der Waals surface area contributed by atoms with Crippen LogP contribution in [-0.2, 0) is 16.6 Å². The second-order valence-corrected chi connectivity index (χ2v) is 6.97. The Balaban J connectivity index is 2.35. The number of sulfonamides is 1. The lowest BCUT2D eigenvalue weighted by Crippen LogP contribution is -2.39. The zero-order valence-electron chi connectivity index (χ0n) is 11.4. The van der Waals surface area contributed by atoms with E-state index in [0.717, 1.165) is 24.8 Å². The summed E-state index contributed by atoms with van der Waals surface area (Å²) in [5, 5.41) is 9.01. The number of benzene rings is 1. The zero-order valence-corrected chi connectivity index (χ0v) is 12.2. The topological polar surface area (TPSA) is 57.6 Å². The van der Waals surface area contributed by atoms with Crippen molar-refractivity contribution in [1.29, 1.82) is 0 Å². The fraction of sp³-hybridized carbons (Fsp3) is 0.571. The average Bonchev–Trinajstić information content (AvgIpc) is 2.80. The molecule has 0 saturated carbocycles. The maximum atomic E-state index is 12.7. The van der Waals surface area contributed by atoms with E-state index in [9.17, 15) is 8.42 Å². The van der Waals surface area contributed by atoms with Gasteiger partial charge in [0.05, 0.1) is 11.5 Å². The quantitative estimate of drug-likeness (QED) is 0.921. The molecule has 0 amide bonds. The van der Waals surface area contributed by atoms with Crippen molar-refractivity contribution in [2.75, 3.05) is 0 Å². The summed E-state index contributed by atoms with van der Waals surface area (Å²) in [6.07, 6.45) is 2.70. The van der Waals surface area contributed by atoms with Crippen molar-refractivity contribution in [2.24, 2.45) is 0 Å². The Bertz CT molecular complexity index is 524. The average molecular weight is 283 g/mol. The van der Waals surface area contributed by atoms with Crippen molar-refractivity contribution in [3.05, 3.63) is 29.8 Å². The van der Waals surface area contributed by atoms with Gasteiger partial charge in [-0.15, -0.1) is 0 Å². The van der Waals surface area contributed by atoms with E-state index in [0.29, 0.717) is 4.90 Å². The van der Waals surface area contributed by atoms with E-state index < -0.39 is 10.0 Å². The molecule has 106 valence electrons. The number of hydrogen-bond acceptors (Lipinski definition) is 3. The van der Waals surface area contributed by atoms with Gasteiger partial charge in [-0.2, -0.15) is 4.31 Å². The summed E-state index contributed by atoms with van der Waals surface area (Å²) < 4.78 is 27.0. The summed E-state index contributed by atoms with van der Waals surface area (Å²) in [6.45, 7) is 3.92. The fourth-order valence-electron chi connectivity index (χ4n) is 2.75. The molecule has 0 aromatic heterocycles. The maximum absolute atomic E-state index is 12.7. The smallest absolute Gasteiger partial charge is 0.243 e. The van der Waals surface area contributed by atoms with Gasteiger partial charge in [0, 0.05) is 12.1 Å². The van der Waals surface area contributed by atoms with E-state index in [4.69, 9.17) is 5.11 Å². The van der Waals surface area contributed by atoms with Gasteiger partial charge in [-0.25, -0.2) is 8.42 Å². The largest absolute Gasteiger partial charge is 0.392 e. The first-order valence-corrected chi connectivity index (χ1v) is 8.18. The molecule has 2 unspecified atom stereocenters. The standard InChI is InChI=1S/C14H21NO3S/c1-3-13-7-4-11(2)15(13)19(17,18)14-8-5-12(10-16)6-9-14/h5-6,8-9,11,13,16H,3-4,7,10H2,1-2H3. The van der Waals surface area contributed by atoms with E-state index >= 15 is 0 Å². The highest BCUT2D eigenvalue weighted by Crippen LogP contribution is 2.32. The first-order chi connectivity index (χ1) is 9.00. The molecule has 1 aliphatic heterocycles. The molecule has 1 fully saturated rings. The summed E-state index contributed by atoms with van der Waals surface area (Å²) in [5.41, 5.74) is 0.723. The molecule has 1 aromatic rings. The Labute approximate surface area is 115 Å². The molecule has 1 heterocycles. The number of hydrogen-bond donors (Lipinski definition) is 1. The van der Waals surface area contributed by atoms with E-state index in [2.05, 4.69) is 0 Å². The predicted molar refractivity (Wildman–Crippen MR) is 74.2 cm³/mol. The number of aliphatic hydroxyl groups is 1. The van der Waals surface area contributed by atoms with E-state index in [1.807, 2.05) is 13.8 Å². The van der Waals surface area contributed by atoms with Crippen LogP contribution in [0.2, 0.25) is 0 Å². The highest BCUT2D eigenvalue weighted by Gasteiger charge is 2.38. The van der Waals surface area contributed by atoms with Gasteiger partial charge in [-0.3, -0.25) is 0 Å². The van der Waals surface area contributed by atoms with Crippen LogP contribution < -0.4 is 0 Å². The Morgan fingerprint density at radius 2 is 1.89 bits per heavy atom. The number of aliphatic hydroxyl groups excluding tert-OH is 1. The van der Waals surface area contributed by atoms with E-state index in [-0.39, 0.29) is 18.7 Å². The van der Waals surface area contributed by atoms with Crippen LogP contribution in [0.3, 0.4) is 0 Å². The molecule has 1 N–H and O–H groups in total. The second kappa shape index (κ2) is 5.61. The Morgan fingerprint density at radius 1 is 1.26 bits per heavy atom. The summed E-state index contributed by atoms with van der Waals surface area (Å²) in [5.74, 6) is 0. The van der Waals surface area contributed by atoms with Crippen molar-refractivity contribution in [2.45, 2.75) is 56.7 Å². The third kappa shape index (κ3) is 2.68. The minimum absolute atomic E-state index is 0.0625. The van der Waals surface area contributed by atoms with Crippen LogP contribution in [0.15, 0.2) is 29.2 Å². The molecule has 1 aromatic carbocycles. The molecule has 2 atom stereocenters. The van der Waals surface area contributed by atoms with Crippen LogP contribution in [0, 0.1) is 0 Å². The van der Waals surface area contributed by atoms with Gasteiger partial charge in [0.15, 0.2) is 0 Å². The van der Waals surface area contributed by atoms with Crippen LogP contribution in [0.25, 0.3) is 0 Å². The molecule has 0 radical (unpaired) electrons. The number of rotatable bonds is 4. The zero-order chi connectivity index (χ0) is 14.0. The lowest BCUT2D eigenvalue weighted by molar-refractivity contribution is 0.281. The SMILES string of the molecule is CCC1CCC(C)N1S(=O)(=O)c1ccc(CO)cc1. The van der Waals surface area contributed by atoms with Gasteiger partial charge < -0.3 is 5.11 Å². The molecule has 5 heteroatoms. The van der Waals surface area contributed by atoms with Crippen molar-refractivity contribution in [1.82, 2.24) is 4.31 Å². The van der Waals surface area contributed by atoms with E-state index in [1.165, 1.54) is 0 Å². The normalized spacial score (nSPS) is 24.8. The van der Waals surface area contributed by atoms with Gasteiger partial charge in [-0.1, -0.05) is 19.1 Å². The highest BCUT2D eigenvalue weighted by molar-refractivity contribution is 7.89. The monoisotopic (exact) mass is 283 g/mol. The van der Waals surface area contributed by atoms with Crippen molar-refractivity contribution in [3.8, 4) is 0 Å². The minimum Gasteiger partial charge on any atom is -0.392 e. The Hall–Kier alpha value is -0.910. The van der Waals surface area contributed by atoms with Crippen LogP contribution >= 0.6 is 0 Å². The molecule has 19 heavy (non-hydrogen) atoms. The summed E-state index contributed by atoms with van der Waals surface area (Å²) >= 11 is 0. The molecular weight excluding hydrogens is 262 g/mol. The van der Waals surface area contributed by atoms with Crippen LogP contribution in [0.4, 0.5) is 0 Å². The summed E-state index contributed by atoms with van der Waals surface area (Å²) in [7, 11) is -3.42. The van der Waals surface area contributed by atoms with Gasteiger partial charge in [0.25, 0.3) is 0 Å². The molecule has 1 aliphatic rings. The molecular formula is C14H21NO3S. The fourth-order valence-corrected chi connectivity index (χ4v) is 4.70. The third-order valence-corrected chi connectivity index (χ3v) is 5.95. The minimum atomic E-state index is -3.42. The molecule has 2 rings (SSSR count). The van der Waals surface area contributed by atoms with Gasteiger partial charge >= 0.3 is 0 Å². The van der Waals surface area contributed by atoms with Crippen LogP contribution in [-0.4, -0.2) is 29.9 Å². The molecule has 4 nitrogen and oxygen atoms in total. The Kier molecular flexibility index (Phi) is 4.28. The molecule has 0 aliphatic carbocycles. The predicted octanol–water partition coefficient (Wildman–Crippen LogP) is 2.13. The van der Waals surface area contributed by atoms with Crippen molar-refractivity contribution in [3.63, 3.8) is 0 Å². The summed E-state index contributed by atoms with van der Waals surface area (Å²) in [4.78, 5) is 0.317. The van der Waals surface area contributed by atoms with Crippen LogP contribution in [0.5, 0.6) is 0 Å². The molecule has 1 saturated heterocycles. The summed E-state index contributed by atoms with van der Waals surface area (Å²) in [6, 6.07) is 6.66. The van der Waals surface area contributed by atoms with Crippen LogP contribution in [0.1, 0.15) is 38.7 Å².